The lowest BCUT2D eigenvalue weighted by molar-refractivity contribution is -0.169. The van der Waals surface area contributed by atoms with E-state index in [4.69, 9.17) is 5.73 Å². The molecule has 0 spiro atoms. The number of primary amides is 1. The first-order chi connectivity index (χ1) is 15.3. The molecule has 1 amide bonds. The Morgan fingerprint density at radius 1 is 1.15 bits per heavy atom. The van der Waals surface area contributed by atoms with Gasteiger partial charge in [-0.2, -0.15) is 0 Å². The van der Waals surface area contributed by atoms with Gasteiger partial charge in [0.1, 0.15) is 22.8 Å². The summed E-state index contributed by atoms with van der Waals surface area (Å²) in [6.07, 6.45) is -1.59. The maximum atomic E-state index is 13.7. The third-order valence-electron chi connectivity index (χ3n) is 7.33. The Morgan fingerprint density at radius 2 is 1.76 bits per heavy atom. The van der Waals surface area contributed by atoms with E-state index in [1.54, 1.807) is 26.0 Å². The maximum absolute atomic E-state index is 13.7. The van der Waals surface area contributed by atoms with Crippen LogP contribution in [-0.4, -0.2) is 79.7 Å². The van der Waals surface area contributed by atoms with Crippen molar-refractivity contribution in [3.05, 3.63) is 45.7 Å². The number of ketones is 2. The number of fused-ring (bicyclic) bond motifs is 3. The third-order valence-corrected chi connectivity index (χ3v) is 7.33. The molecule has 0 saturated heterocycles. The fraction of sp³-hybridized carbons (Fsp3) is 0.435. The second-order valence-corrected chi connectivity index (χ2v) is 9.24. The minimum atomic E-state index is -2.90. The Hall–Kier alpha value is -3.21. The van der Waals surface area contributed by atoms with Crippen molar-refractivity contribution in [2.45, 2.75) is 37.5 Å². The van der Waals surface area contributed by atoms with Crippen LogP contribution in [0.1, 0.15) is 29.5 Å². The highest BCUT2D eigenvalue weighted by Gasteiger charge is 2.68. The van der Waals surface area contributed by atoms with Crippen molar-refractivity contribution in [1.29, 1.82) is 0 Å². The number of benzene rings is 1. The quantitative estimate of drug-likeness (QED) is 0.327. The molecule has 0 heterocycles. The SMILES string of the molecule is Cc1ccc2c(c1O)C(O)=C1C(=O)[C@]3(O)C(O)=C(C(N)=O)C(=O)[C@@H](N(C)C)C3[C@@H](O)C1[C@H]2C. The van der Waals surface area contributed by atoms with E-state index >= 15 is 0 Å². The Bertz CT molecular complexity index is 1180. The van der Waals surface area contributed by atoms with Crippen LogP contribution in [0.4, 0.5) is 0 Å². The van der Waals surface area contributed by atoms with Gasteiger partial charge in [-0.1, -0.05) is 19.1 Å². The first-order valence-electron chi connectivity index (χ1n) is 10.4. The average molecular weight is 458 g/mol. The molecular formula is C23H26N2O8. The van der Waals surface area contributed by atoms with Crippen LogP contribution in [0, 0.1) is 18.8 Å². The van der Waals surface area contributed by atoms with Crippen molar-refractivity contribution in [3.8, 4) is 5.75 Å². The number of hydrogen-bond acceptors (Lipinski definition) is 9. The lowest BCUT2D eigenvalue weighted by atomic mass is 9.54. The lowest BCUT2D eigenvalue weighted by Crippen LogP contribution is -2.70. The molecule has 0 aromatic heterocycles. The minimum absolute atomic E-state index is 0.00834. The van der Waals surface area contributed by atoms with Gasteiger partial charge in [0, 0.05) is 11.5 Å². The molecule has 0 aliphatic heterocycles. The van der Waals surface area contributed by atoms with Crippen LogP contribution in [0.15, 0.2) is 29.0 Å². The summed E-state index contributed by atoms with van der Waals surface area (Å²) in [4.78, 5) is 40.1. The predicted molar refractivity (Wildman–Crippen MR) is 115 cm³/mol. The molecule has 1 aromatic rings. The van der Waals surface area contributed by atoms with E-state index in [0.29, 0.717) is 11.1 Å². The second kappa shape index (κ2) is 7.14. The van der Waals surface area contributed by atoms with E-state index in [9.17, 15) is 39.9 Å². The third kappa shape index (κ3) is 2.68. The summed E-state index contributed by atoms with van der Waals surface area (Å²) in [6, 6.07) is 1.94. The number of Topliss-reactive ketones (excluding diaryl/α,β-unsaturated/α-hetero) is 2. The van der Waals surface area contributed by atoms with E-state index in [1.807, 2.05) is 0 Å². The molecule has 3 aliphatic rings. The second-order valence-electron chi connectivity index (χ2n) is 9.24. The Morgan fingerprint density at radius 3 is 2.30 bits per heavy atom. The predicted octanol–water partition coefficient (Wildman–Crippen LogP) is -0.196. The zero-order valence-corrected chi connectivity index (χ0v) is 18.5. The highest BCUT2D eigenvalue weighted by Crippen LogP contribution is 2.56. The monoisotopic (exact) mass is 458 g/mol. The number of rotatable bonds is 2. The molecule has 10 nitrogen and oxygen atoms in total. The number of hydrogen-bond donors (Lipinski definition) is 6. The number of nitrogens with zero attached hydrogens (tertiary/aromatic N) is 1. The van der Waals surface area contributed by atoms with Gasteiger partial charge in [0.2, 0.25) is 5.78 Å². The fourth-order valence-corrected chi connectivity index (χ4v) is 5.72. The van der Waals surface area contributed by atoms with E-state index in [-0.39, 0.29) is 11.3 Å². The molecule has 1 aromatic carbocycles. The summed E-state index contributed by atoms with van der Waals surface area (Å²) in [7, 11) is 2.93. The van der Waals surface area contributed by atoms with Crippen LogP contribution < -0.4 is 5.73 Å². The van der Waals surface area contributed by atoms with Crippen LogP contribution in [0.2, 0.25) is 0 Å². The Kier molecular flexibility index (Phi) is 4.97. The Balaban J connectivity index is 2.07. The van der Waals surface area contributed by atoms with Gasteiger partial charge in [0.15, 0.2) is 11.4 Å². The largest absolute Gasteiger partial charge is 0.508 e. The lowest BCUT2D eigenvalue weighted by Gasteiger charge is -2.53. The molecule has 2 unspecified atom stereocenters. The van der Waals surface area contributed by atoms with Crippen molar-refractivity contribution in [2.75, 3.05) is 14.1 Å². The van der Waals surface area contributed by atoms with Gasteiger partial charge < -0.3 is 31.3 Å². The van der Waals surface area contributed by atoms with Crippen LogP contribution in [0.3, 0.4) is 0 Å². The van der Waals surface area contributed by atoms with Gasteiger partial charge in [-0.15, -0.1) is 0 Å². The molecular weight excluding hydrogens is 432 g/mol. The van der Waals surface area contributed by atoms with E-state index in [2.05, 4.69) is 0 Å². The van der Waals surface area contributed by atoms with Gasteiger partial charge >= 0.3 is 0 Å². The van der Waals surface area contributed by atoms with Gasteiger partial charge in [0.05, 0.1) is 23.6 Å². The number of aryl methyl sites for hydroxylation is 1. The smallest absolute Gasteiger partial charge is 0.255 e. The number of likely N-dealkylation sites (N-methyl/N-ethyl adjacent to an activating group) is 1. The number of aromatic hydroxyl groups is 1. The summed E-state index contributed by atoms with van der Waals surface area (Å²) in [5, 5.41) is 55.5. The van der Waals surface area contributed by atoms with Crippen LogP contribution >= 0.6 is 0 Å². The van der Waals surface area contributed by atoms with E-state index in [0.717, 1.165) is 0 Å². The van der Waals surface area contributed by atoms with Crippen molar-refractivity contribution in [2.24, 2.45) is 17.6 Å². The molecule has 176 valence electrons. The average Bonchev–Trinajstić information content (AvgIpc) is 2.72. The van der Waals surface area contributed by atoms with E-state index < -0.39 is 75.6 Å². The standard InChI is InChI=1S/C23H26N2O8/c1-7-5-6-9-8(2)10-12(17(27)11(9)16(7)26)20(30)23(33)14(18(10)28)15(25(3)4)19(29)13(21(23)31)22(24)32/h5-6,8,10,14-15,18,26-28,31,33H,1-4H3,(H2,24,32)/t8-,10?,14?,15-,18-,23-/m0/s1. The molecule has 0 radical (unpaired) electrons. The normalized spacial score (nSPS) is 33.7. The molecule has 6 atom stereocenters. The summed E-state index contributed by atoms with van der Waals surface area (Å²) in [5.74, 6) is -8.82. The van der Waals surface area contributed by atoms with Crippen LogP contribution in [0.5, 0.6) is 5.75 Å². The molecule has 10 heteroatoms. The van der Waals surface area contributed by atoms with Gasteiger partial charge in [-0.25, -0.2) is 0 Å². The molecule has 1 fully saturated rings. The number of aliphatic hydroxyl groups is 4. The van der Waals surface area contributed by atoms with Gasteiger partial charge in [-0.05, 0) is 38.1 Å². The number of carbonyl (C=O) groups excluding carboxylic acids is 3. The van der Waals surface area contributed by atoms with E-state index in [1.165, 1.54) is 19.0 Å². The summed E-state index contributed by atoms with van der Waals surface area (Å²) < 4.78 is 0. The molecule has 4 rings (SSSR count). The number of amides is 1. The molecule has 3 aliphatic carbocycles. The topological polar surface area (TPSA) is 182 Å². The maximum Gasteiger partial charge on any atom is 0.255 e. The molecule has 0 bridgehead atoms. The number of phenolic OH excluding ortho intramolecular Hbond substituents is 1. The van der Waals surface area contributed by atoms with Gasteiger partial charge in [-0.3, -0.25) is 19.3 Å². The highest BCUT2D eigenvalue weighted by atomic mass is 16.4. The van der Waals surface area contributed by atoms with Crippen molar-refractivity contribution in [3.63, 3.8) is 0 Å². The fourth-order valence-electron chi connectivity index (χ4n) is 5.72. The zero-order chi connectivity index (χ0) is 24.7. The molecule has 7 N–H and O–H groups in total. The molecule has 33 heavy (non-hydrogen) atoms. The zero-order valence-electron chi connectivity index (χ0n) is 18.5. The van der Waals surface area contributed by atoms with Crippen LogP contribution in [-0.2, 0) is 14.4 Å². The number of phenols is 1. The number of nitrogens with two attached hydrogens (primary N) is 1. The number of aliphatic hydroxyl groups excluding tert-OH is 3. The van der Waals surface area contributed by atoms with Crippen molar-refractivity contribution >= 4 is 23.2 Å². The number of carbonyl (C=O) groups is 3. The highest BCUT2D eigenvalue weighted by molar-refractivity contribution is 6.24. The first kappa shape index (κ1) is 23.0. The summed E-state index contributed by atoms with van der Waals surface area (Å²) in [6.45, 7) is 3.29. The summed E-state index contributed by atoms with van der Waals surface area (Å²) in [5.41, 5.74) is 1.94. The minimum Gasteiger partial charge on any atom is -0.508 e. The van der Waals surface area contributed by atoms with Crippen molar-refractivity contribution in [1.82, 2.24) is 4.90 Å². The molecule has 1 saturated carbocycles. The van der Waals surface area contributed by atoms with Crippen molar-refractivity contribution < 1.29 is 39.9 Å². The first-order valence-corrected chi connectivity index (χ1v) is 10.4. The van der Waals surface area contributed by atoms with Crippen LogP contribution in [0.25, 0.3) is 5.76 Å². The summed E-state index contributed by atoms with van der Waals surface area (Å²) >= 11 is 0. The Labute approximate surface area is 189 Å². The van der Waals surface area contributed by atoms with Gasteiger partial charge in [0.25, 0.3) is 5.91 Å².